The van der Waals surface area contributed by atoms with Gasteiger partial charge in [-0.05, 0) is 40.8 Å². The number of hydrogen-bond acceptors (Lipinski definition) is 1. The van der Waals surface area contributed by atoms with Gasteiger partial charge < -0.3 is 4.74 Å². The Morgan fingerprint density at radius 2 is 1.84 bits per heavy atom. The molecule has 0 amide bonds. The summed E-state index contributed by atoms with van der Waals surface area (Å²) in [6.45, 7) is 2.95. The van der Waals surface area contributed by atoms with E-state index < -0.39 is 0 Å². The second kappa shape index (κ2) is 5.31. The Kier molecular flexibility index (Phi) is 3.37. The molecule has 19 heavy (non-hydrogen) atoms. The topological polar surface area (TPSA) is 9.23 Å². The average molecular weight is 249 g/mol. The van der Waals surface area contributed by atoms with E-state index in [-0.39, 0.29) is 0 Å². The van der Waals surface area contributed by atoms with Gasteiger partial charge in [-0.25, -0.2) is 0 Å². The van der Waals surface area contributed by atoms with Gasteiger partial charge in [0.1, 0.15) is 5.75 Å². The lowest BCUT2D eigenvalue weighted by Crippen LogP contribution is -1.96. The molecule has 3 aromatic carbocycles. The maximum Gasteiger partial charge on any atom is 0.127 e. The van der Waals surface area contributed by atoms with Crippen LogP contribution in [0.15, 0.2) is 48.5 Å². The van der Waals surface area contributed by atoms with Crippen LogP contribution in [0.2, 0.25) is 0 Å². The van der Waals surface area contributed by atoms with Gasteiger partial charge in [-0.15, -0.1) is 0 Å². The van der Waals surface area contributed by atoms with E-state index in [0.29, 0.717) is 0 Å². The summed E-state index contributed by atoms with van der Waals surface area (Å²) in [6.07, 6.45) is 2.24. The van der Waals surface area contributed by atoms with Crippen LogP contribution in [0.25, 0.3) is 21.5 Å². The van der Waals surface area contributed by atoms with E-state index in [1.807, 2.05) is 18.2 Å². The Morgan fingerprint density at radius 1 is 1.00 bits per heavy atom. The summed E-state index contributed by atoms with van der Waals surface area (Å²) in [5.41, 5.74) is 0. The van der Waals surface area contributed by atoms with Crippen LogP contribution in [0, 0.1) is 6.07 Å². The van der Waals surface area contributed by atoms with Crippen molar-refractivity contribution in [2.75, 3.05) is 6.61 Å². The van der Waals surface area contributed by atoms with Crippen molar-refractivity contribution < 1.29 is 4.74 Å². The predicted octanol–water partition coefficient (Wildman–Crippen LogP) is 4.97. The van der Waals surface area contributed by atoms with Gasteiger partial charge in [0.15, 0.2) is 0 Å². The molecule has 0 aliphatic carbocycles. The first-order chi connectivity index (χ1) is 9.38. The Labute approximate surface area is 113 Å². The summed E-state index contributed by atoms with van der Waals surface area (Å²) in [4.78, 5) is 0. The fourth-order valence-electron chi connectivity index (χ4n) is 2.29. The monoisotopic (exact) mass is 249 g/mol. The maximum atomic E-state index is 5.89. The van der Waals surface area contributed by atoms with Crippen LogP contribution in [0.1, 0.15) is 19.8 Å². The minimum atomic E-state index is 0.780. The van der Waals surface area contributed by atoms with Gasteiger partial charge in [0.25, 0.3) is 0 Å². The third-order valence-corrected chi connectivity index (χ3v) is 3.35. The third kappa shape index (κ3) is 2.41. The standard InChI is InChI=1S/C18H17O/c1-2-3-11-19-18-10-6-9-16-12-14-7-4-5-8-15(14)13-17(16)18/h4-10,13H,2-3,11H2,1H3. The Balaban J connectivity index is 2.09. The fourth-order valence-corrected chi connectivity index (χ4v) is 2.29. The molecule has 0 spiro atoms. The predicted molar refractivity (Wildman–Crippen MR) is 80.7 cm³/mol. The highest BCUT2D eigenvalue weighted by atomic mass is 16.5. The molecule has 0 fully saturated rings. The van der Waals surface area contributed by atoms with Gasteiger partial charge in [0, 0.05) is 5.39 Å². The highest BCUT2D eigenvalue weighted by molar-refractivity contribution is 6.00. The molecule has 0 saturated carbocycles. The van der Waals surface area contributed by atoms with Crippen LogP contribution in [0.4, 0.5) is 0 Å². The summed E-state index contributed by atoms with van der Waals surface area (Å²) >= 11 is 0. The molecule has 0 heterocycles. The first kappa shape index (κ1) is 12.0. The van der Waals surface area contributed by atoms with E-state index in [4.69, 9.17) is 4.74 Å². The molecule has 95 valence electrons. The van der Waals surface area contributed by atoms with Crippen molar-refractivity contribution in [2.24, 2.45) is 0 Å². The Bertz CT molecular complexity index is 700. The molecule has 0 aromatic heterocycles. The van der Waals surface area contributed by atoms with E-state index in [0.717, 1.165) is 41.4 Å². The average Bonchev–Trinajstić information content (AvgIpc) is 2.46. The largest absolute Gasteiger partial charge is 0.493 e. The molecule has 0 N–H and O–H groups in total. The van der Waals surface area contributed by atoms with Crippen LogP contribution in [-0.2, 0) is 0 Å². The lowest BCUT2D eigenvalue weighted by Gasteiger charge is -2.09. The van der Waals surface area contributed by atoms with Gasteiger partial charge in [-0.3, -0.25) is 0 Å². The molecule has 3 aromatic rings. The van der Waals surface area contributed by atoms with Gasteiger partial charge in [-0.1, -0.05) is 49.7 Å². The number of rotatable bonds is 4. The molecule has 3 rings (SSSR count). The van der Waals surface area contributed by atoms with Crippen molar-refractivity contribution in [3.63, 3.8) is 0 Å². The van der Waals surface area contributed by atoms with E-state index in [1.165, 1.54) is 5.39 Å². The van der Waals surface area contributed by atoms with Crippen LogP contribution >= 0.6 is 0 Å². The molecule has 0 bridgehead atoms. The van der Waals surface area contributed by atoms with Crippen LogP contribution < -0.4 is 4.74 Å². The SMILES string of the molecule is CCCCOc1cccc2[c]c3ccccc3cc12. The van der Waals surface area contributed by atoms with E-state index in [2.05, 4.69) is 43.3 Å². The van der Waals surface area contributed by atoms with E-state index in [1.54, 1.807) is 0 Å². The first-order valence-electron chi connectivity index (χ1n) is 6.85. The highest BCUT2D eigenvalue weighted by Gasteiger charge is 2.04. The lowest BCUT2D eigenvalue weighted by molar-refractivity contribution is 0.313. The first-order valence-corrected chi connectivity index (χ1v) is 6.85. The summed E-state index contributed by atoms with van der Waals surface area (Å²) in [5, 5.41) is 4.63. The molecular formula is C18H17O. The Morgan fingerprint density at radius 3 is 2.74 bits per heavy atom. The summed E-state index contributed by atoms with van der Waals surface area (Å²) in [7, 11) is 0. The highest BCUT2D eigenvalue weighted by Crippen LogP contribution is 2.29. The van der Waals surface area contributed by atoms with Crippen molar-refractivity contribution in [3.05, 3.63) is 54.6 Å². The van der Waals surface area contributed by atoms with E-state index >= 15 is 0 Å². The molecule has 1 nitrogen and oxygen atoms in total. The number of unbranched alkanes of at least 4 members (excludes halogenated alkanes) is 1. The minimum Gasteiger partial charge on any atom is -0.493 e. The fraction of sp³-hybridized carbons (Fsp3) is 0.222. The van der Waals surface area contributed by atoms with Crippen LogP contribution in [0.5, 0.6) is 5.75 Å². The maximum absolute atomic E-state index is 5.89. The van der Waals surface area contributed by atoms with Gasteiger partial charge >= 0.3 is 0 Å². The molecule has 0 aliphatic rings. The zero-order chi connectivity index (χ0) is 13.1. The number of benzene rings is 3. The minimum absolute atomic E-state index is 0.780. The molecule has 1 radical (unpaired) electrons. The van der Waals surface area contributed by atoms with Crippen molar-refractivity contribution in [1.29, 1.82) is 0 Å². The molecule has 1 heteroatoms. The smallest absolute Gasteiger partial charge is 0.127 e. The molecule has 0 saturated heterocycles. The van der Waals surface area contributed by atoms with Gasteiger partial charge in [-0.2, -0.15) is 0 Å². The zero-order valence-electron chi connectivity index (χ0n) is 11.1. The summed E-state index contributed by atoms with van der Waals surface area (Å²) in [6, 6.07) is 20.1. The van der Waals surface area contributed by atoms with Crippen molar-refractivity contribution in [3.8, 4) is 5.75 Å². The molecule has 0 atom stereocenters. The van der Waals surface area contributed by atoms with E-state index in [9.17, 15) is 0 Å². The quantitative estimate of drug-likeness (QED) is 0.468. The molecule has 0 unspecified atom stereocenters. The van der Waals surface area contributed by atoms with Crippen molar-refractivity contribution in [1.82, 2.24) is 0 Å². The van der Waals surface area contributed by atoms with Gasteiger partial charge in [0.05, 0.1) is 6.61 Å². The zero-order valence-corrected chi connectivity index (χ0v) is 11.1. The molecule has 0 aliphatic heterocycles. The second-order valence-electron chi connectivity index (χ2n) is 4.78. The Hall–Kier alpha value is -2.02. The van der Waals surface area contributed by atoms with Crippen LogP contribution in [0.3, 0.4) is 0 Å². The number of hydrogen-bond donors (Lipinski definition) is 0. The third-order valence-electron chi connectivity index (χ3n) is 3.35. The van der Waals surface area contributed by atoms with Crippen molar-refractivity contribution >= 4 is 21.5 Å². The van der Waals surface area contributed by atoms with Crippen LogP contribution in [-0.4, -0.2) is 6.61 Å². The van der Waals surface area contributed by atoms with Crippen molar-refractivity contribution in [2.45, 2.75) is 19.8 Å². The molecular weight excluding hydrogens is 232 g/mol. The summed E-state index contributed by atoms with van der Waals surface area (Å²) in [5.74, 6) is 0.966. The normalized spacial score (nSPS) is 11.0. The van der Waals surface area contributed by atoms with Gasteiger partial charge in [0.2, 0.25) is 0 Å². The number of fused-ring (bicyclic) bond motifs is 2. The summed E-state index contributed by atoms with van der Waals surface area (Å²) < 4.78 is 5.89. The second-order valence-corrected chi connectivity index (χ2v) is 4.78. The lowest BCUT2D eigenvalue weighted by atomic mass is 10.0. The number of ether oxygens (including phenoxy) is 1.